The first-order valence-corrected chi connectivity index (χ1v) is 7.03. The summed E-state index contributed by atoms with van der Waals surface area (Å²) in [6, 6.07) is 13.5. The van der Waals surface area contributed by atoms with E-state index in [1.807, 2.05) is 42.6 Å². The molecule has 20 heavy (non-hydrogen) atoms. The van der Waals surface area contributed by atoms with Crippen LogP contribution in [0.25, 0.3) is 0 Å². The topological polar surface area (TPSA) is 31.2 Å². The summed E-state index contributed by atoms with van der Waals surface area (Å²) in [5.41, 5.74) is 1.01. The molecule has 3 heteroatoms. The number of rotatable bonds is 6. The summed E-state index contributed by atoms with van der Waals surface area (Å²) in [5.74, 6) is 0.996. The van der Waals surface area contributed by atoms with E-state index in [1.165, 1.54) is 0 Å². The Balaban J connectivity index is 2.05. The molecule has 0 fully saturated rings. The molecule has 0 aliphatic heterocycles. The summed E-state index contributed by atoms with van der Waals surface area (Å²) in [6.45, 7) is 5.46. The lowest BCUT2D eigenvalue weighted by Crippen LogP contribution is -2.21. The Morgan fingerprint density at radius 2 is 1.85 bits per heavy atom. The van der Waals surface area contributed by atoms with Gasteiger partial charge in [-0.15, -0.1) is 0 Å². The van der Waals surface area contributed by atoms with Gasteiger partial charge in [0.1, 0.15) is 6.61 Å². The van der Waals surface area contributed by atoms with E-state index in [0.29, 0.717) is 18.3 Å². The van der Waals surface area contributed by atoms with Gasteiger partial charge in [0, 0.05) is 12.7 Å². The maximum atomic E-state index is 12.2. The van der Waals surface area contributed by atoms with Crippen LogP contribution < -0.4 is 10.3 Å². The highest BCUT2D eigenvalue weighted by atomic mass is 16.5. The molecule has 0 saturated carbocycles. The second-order valence-corrected chi connectivity index (χ2v) is 5.33. The first-order valence-electron chi connectivity index (χ1n) is 7.03. The van der Waals surface area contributed by atoms with E-state index in [4.69, 9.17) is 4.74 Å². The van der Waals surface area contributed by atoms with Gasteiger partial charge in [-0.25, -0.2) is 0 Å². The average molecular weight is 271 g/mol. The fourth-order valence-corrected chi connectivity index (χ4v) is 1.93. The van der Waals surface area contributed by atoms with Gasteiger partial charge in [-0.3, -0.25) is 4.79 Å². The normalized spacial score (nSPS) is 10.8. The molecule has 1 heterocycles. The molecule has 106 valence electrons. The number of aryl methyl sites for hydroxylation is 1. The fraction of sp³-hybridized carbons (Fsp3) is 0.353. The maximum absolute atomic E-state index is 12.2. The molecule has 0 N–H and O–H groups in total. The van der Waals surface area contributed by atoms with E-state index in [9.17, 15) is 4.79 Å². The van der Waals surface area contributed by atoms with Crippen LogP contribution in [-0.2, 0) is 13.2 Å². The molecule has 1 aromatic heterocycles. The predicted octanol–water partition coefficient (Wildman–Crippen LogP) is 3.47. The zero-order valence-electron chi connectivity index (χ0n) is 12.1. The molecule has 0 radical (unpaired) electrons. The molecule has 0 spiro atoms. The molecule has 0 amide bonds. The maximum Gasteiger partial charge on any atom is 0.292 e. The predicted molar refractivity (Wildman–Crippen MR) is 80.9 cm³/mol. The first kappa shape index (κ1) is 14.4. The SMILES string of the molecule is CC(C)CCn1cccc(OCc2ccccc2)c1=O. The Morgan fingerprint density at radius 3 is 2.55 bits per heavy atom. The lowest BCUT2D eigenvalue weighted by atomic mass is 10.1. The van der Waals surface area contributed by atoms with E-state index in [0.717, 1.165) is 18.5 Å². The van der Waals surface area contributed by atoms with Crippen LogP contribution >= 0.6 is 0 Å². The van der Waals surface area contributed by atoms with Crippen LogP contribution in [-0.4, -0.2) is 4.57 Å². The lowest BCUT2D eigenvalue weighted by molar-refractivity contribution is 0.298. The van der Waals surface area contributed by atoms with Crippen LogP contribution in [0, 0.1) is 5.92 Å². The number of hydrogen-bond acceptors (Lipinski definition) is 2. The van der Waals surface area contributed by atoms with Crippen molar-refractivity contribution in [2.24, 2.45) is 5.92 Å². The van der Waals surface area contributed by atoms with Gasteiger partial charge < -0.3 is 9.30 Å². The quantitative estimate of drug-likeness (QED) is 0.805. The summed E-state index contributed by atoms with van der Waals surface area (Å²) in [6.07, 6.45) is 2.81. The molecule has 0 bridgehead atoms. The van der Waals surface area contributed by atoms with Gasteiger partial charge in [-0.2, -0.15) is 0 Å². The zero-order chi connectivity index (χ0) is 14.4. The molecule has 1 aromatic carbocycles. The van der Waals surface area contributed by atoms with E-state index in [2.05, 4.69) is 13.8 Å². The second-order valence-electron chi connectivity index (χ2n) is 5.33. The minimum absolute atomic E-state index is 0.0518. The van der Waals surface area contributed by atoms with E-state index >= 15 is 0 Å². The number of nitrogens with zero attached hydrogens (tertiary/aromatic N) is 1. The third kappa shape index (κ3) is 3.98. The monoisotopic (exact) mass is 271 g/mol. The molecule has 0 atom stereocenters. The average Bonchev–Trinajstić information content (AvgIpc) is 2.46. The Labute approximate surface area is 119 Å². The number of pyridine rings is 1. The standard InChI is InChI=1S/C17H21NO2/c1-14(2)10-12-18-11-6-9-16(17(18)19)20-13-15-7-4-3-5-8-15/h3-9,11,14H,10,12-13H2,1-2H3. The summed E-state index contributed by atoms with van der Waals surface area (Å²) in [5, 5.41) is 0. The number of ether oxygens (including phenoxy) is 1. The van der Waals surface area contributed by atoms with Crippen LogP contribution in [0.15, 0.2) is 53.5 Å². The largest absolute Gasteiger partial charge is 0.483 e. The highest BCUT2D eigenvalue weighted by Crippen LogP contribution is 2.08. The number of aromatic nitrogens is 1. The van der Waals surface area contributed by atoms with Gasteiger partial charge >= 0.3 is 0 Å². The molecule has 0 aliphatic rings. The first-order chi connectivity index (χ1) is 9.66. The van der Waals surface area contributed by atoms with Crippen molar-refractivity contribution in [3.8, 4) is 5.75 Å². The van der Waals surface area contributed by atoms with Crippen molar-refractivity contribution in [2.75, 3.05) is 0 Å². The van der Waals surface area contributed by atoms with Gasteiger partial charge in [0.05, 0.1) is 0 Å². The Bertz CT molecular complexity index is 587. The minimum atomic E-state index is -0.0518. The van der Waals surface area contributed by atoms with Crippen molar-refractivity contribution < 1.29 is 4.74 Å². The third-order valence-corrected chi connectivity index (χ3v) is 3.17. The zero-order valence-corrected chi connectivity index (χ0v) is 12.1. The highest BCUT2D eigenvalue weighted by Gasteiger charge is 2.05. The number of hydrogen-bond donors (Lipinski definition) is 0. The summed E-state index contributed by atoms with van der Waals surface area (Å²) >= 11 is 0. The molecular formula is C17H21NO2. The van der Waals surface area contributed by atoms with Crippen molar-refractivity contribution in [1.29, 1.82) is 0 Å². The summed E-state index contributed by atoms with van der Waals surface area (Å²) in [7, 11) is 0. The molecule has 2 aromatic rings. The fourth-order valence-electron chi connectivity index (χ4n) is 1.93. The van der Waals surface area contributed by atoms with Crippen molar-refractivity contribution in [3.63, 3.8) is 0 Å². The second kappa shape index (κ2) is 6.94. The molecular weight excluding hydrogens is 250 g/mol. The van der Waals surface area contributed by atoms with Crippen molar-refractivity contribution >= 4 is 0 Å². The van der Waals surface area contributed by atoms with Crippen molar-refractivity contribution in [1.82, 2.24) is 4.57 Å². The van der Waals surface area contributed by atoms with E-state index < -0.39 is 0 Å². The Hall–Kier alpha value is -2.03. The van der Waals surface area contributed by atoms with Gasteiger partial charge in [-0.05, 0) is 30.0 Å². The lowest BCUT2D eigenvalue weighted by Gasteiger charge is -2.10. The van der Waals surface area contributed by atoms with Crippen molar-refractivity contribution in [2.45, 2.75) is 33.4 Å². The van der Waals surface area contributed by atoms with Gasteiger partial charge in [0.25, 0.3) is 5.56 Å². The summed E-state index contributed by atoms with van der Waals surface area (Å²) < 4.78 is 7.36. The summed E-state index contributed by atoms with van der Waals surface area (Å²) in [4.78, 5) is 12.2. The third-order valence-electron chi connectivity index (χ3n) is 3.17. The van der Waals surface area contributed by atoms with Crippen LogP contribution in [0.2, 0.25) is 0 Å². The van der Waals surface area contributed by atoms with Crippen molar-refractivity contribution in [3.05, 3.63) is 64.6 Å². The molecule has 0 saturated heterocycles. The van der Waals surface area contributed by atoms with Crippen LogP contribution in [0.1, 0.15) is 25.8 Å². The molecule has 3 nitrogen and oxygen atoms in total. The van der Waals surface area contributed by atoms with Gasteiger partial charge in [0.15, 0.2) is 5.75 Å². The minimum Gasteiger partial charge on any atom is -0.483 e. The number of benzene rings is 1. The van der Waals surface area contributed by atoms with Gasteiger partial charge in [-0.1, -0.05) is 44.2 Å². The van der Waals surface area contributed by atoms with E-state index in [-0.39, 0.29) is 5.56 Å². The van der Waals surface area contributed by atoms with Crippen LogP contribution in [0.3, 0.4) is 0 Å². The van der Waals surface area contributed by atoms with E-state index in [1.54, 1.807) is 10.6 Å². The molecule has 0 aliphatic carbocycles. The van der Waals surface area contributed by atoms with Crippen LogP contribution in [0.4, 0.5) is 0 Å². The highest BCUT2D eigenvalue weighted by molar-refractivity contribution is 5.19. The molecule has 2 rings (SSSR count). The Kier molecular flexibility index (Phi) is 4.99. The van der Waals surface area contributed by atoms with Gasteiger partial charge in [0.2, 0.25) is 0 Å². The molecule has 0 unspecified atom stereocenters. The smallest absolute Gasteiger partial charge is 0.292 e. The Morgan fingerprint density at radius 1 is 1.10 bits per heavy atom. The van der Waals surface area contributed by atoms with Crippen LogP contribution in [0.5, 0.6) is 5.75 Å².